The average Bonchev–Trinajstić information content (AvgIpc) is 2.62. The molecule has 2 aromatic rings. The second-order valence-electron chi connectivity index (χ2n) is 5.57. The number of benzene rings is 2. The van der Waals surface area contributed by atoms with Crippen LogP contribution in [0.4, 0.5) is 0 Å². The molecule has 0 aliphatic carbocycles. The molecule has 0 saturated heterocycles. The first-order valence-corrected chi connectivity index (χ1v) is 7.69. The predicted octanol–water partition coefficient (Wildman–Crippen LogP) is 2.21. The number of esters is 1. The van der Waals surface area contributed by atoms with Gasteiger partial charge in [0.1, 0.15) is 6.04 Å². The van der Waals surface area contributed by atoms with E-state index >= 15 is 0 Å². The van der Waals surface area contributed by atoms with Gasteiger partial charge in [0.05, 0.1) is 12.7 Å². The molecule has 2 aromatic carbocycles. The Kier molecular flexibility index (Phi) is 5.89. The molecule has 130 valence electrons. The molecule has 0 aromatic heterocycles. The number of carboxylic acid groups (broad SMARTS) is 1. The third kappa shape index (κ3) is 4.67. The molecule has 0 fully saturated rings. The molecule has 0 unspecified atom stereocenters. The summed E-state index contributed by atoms with van der Waals surface area (Å²) in [6.07, 6.45) is 0.171. The van der Waals surface area contributed by atoms with Crippen LogP contribution in [0.25, 0.3) is 0 Å². The van der Waals surface area contributed by atoms with Gasteiger partial charge in [0.25, 0.3) is 5.91 Å². The van der Waals surface area contributed by atoms with Crippen molar-refractivity contribution in [3.63, 3.8) is 0 Å². The van der Waals surface area contributed by atoms with Gasteiger partial charge in [0.15, 0.2) is 0 Å². The van der Waals surface area contributed by atoms with Crippen molar-refractivity contribution in [3.8, 4) is 0 Å². The number of carbonyl (C=O) groups excluding carboxylic acids is 2. The topological polar surface area (TPSA) is 92.7 Å². The van der Waals surface area contributed by atoms with Gasteiger partial charge in [-0.1, -0.05) is 30.3 Å². The maximum Gasteiger partial charge on any atom is 0.337 e. The lowest BCUT2D eigenvalue weighted by Crippen LogP contribution is -2.42. The summed E-state index contributed by atoms with van der Waals surface area (Å²) in [6.45, 7) is 1.88. The number of hydrogen-bond acceptors (Lipinski definition) is 4. The number of carbonyl (C=O) groups is 3. The smallest absolute Gasteiger partial charge is 0.337 e. The highest BCUT2D eigenvalue weighted by atomic mass is 16.5. The van der Waals surface area contributed by atoms with Gasteiger partial charge in [0.2, 0.25) is 0 Å². The molecule has 2 N–H and O–H groups in total. The van der Waals surface area contributed by atoms with E-state index in [2.05, 4.69) is 10.1 Å². The van der Waals surface area contributed by atoms with Crippen LogP contribution >= 0.6 is 0 Å². The van der Waals surface area contributed by atoms with E-state index in [9.17, 15) is 19.5 Å². The molecule has 0 spiro atoms. The summed E-state index contributed by atoms with van der Waals surface area (Å²) in [4.78, 5) is 35.4. The first-order chi connectivity index (χ1) is 11.9. The lowest BCUT2D eigenvalue weighted by atomic mass is 10.0. The minimum Gasteiger partial charge on any atom is -0.480 e. The van der Waals surface area contributed by atoms with Crippen LogP contribution in [0.15, 0.2) is 48.5 Å². The molecule has 0 bridgehead atoms. The summed E-state index contributed by atoms with van der Waals surface area (Å²) in [5, 5.41) is 11.9. The standard InChI is InChI=1S/C19H19NO5/c1-12-6-3-4-7-13(12)11-16(18(22)23)20-17(21)14-8-5-9-15(10-14)19(24)25-2/h3-10,16H,11H2,1-2H3,(H,20,21)(H,22,23)/t16-/m1/s1. The third-order valence-corrected chi connectivity index (χ3v) is 3.83. The highest BCUT2D eigenvalue weighted by Crippen LogP contribution is 2.11. The van der Waals surface area contributed by atoms with Crippen LogP contribution in [-0.2, 0) is 16.0 Å². The Hall–Kier alpha value is -3.15. The fraction of sp³-hybridized carbons (Fsp3) is 0.211. The summed E-state index contributed by atoms with van der Waals surface area (Å²) >= 11 is 0. The Morgan fingerprint density at radius 3 is 2.40 bits per heavy atom. The number of hydrogen-bond donors (Lipinski definition) is 2. The first-order valence-electron chi connectivity index (χ1n) is 7.69. The molecule has 0 aliphatic heterocycles. The SMILES string of the molecule is COC(=O)c1cccc(C(=O)N[C@H](Cc2ccccc2C)C(=O)O)c1. The van der Waals surface area contributed by atoms with Gasteiger partial charge in [-0.05, 0) is 36.2 Å². The van der Waals surface area contributed by atoms with Crippen molar-refractivity contribution in [3.05, 3.63) is 70.8 Å². The van der Waals surface area contributed by atoms with Gasteiger partial charge < -0.3 is 15.2 Å². The van der Waals surface area contributed by atoms with E-state index in [0.717, 1.165) is 11.1 Å². The van der Waals surface area contributed by atoms with Crippen LogP contribution in [-0.4, -0.2) is 36.1 Å². The number of amides is 1. The van der Waals surface area contributed by atoms with E-state index < -0.39 is 23.9 Å². The Morgan fingerprint density at radius 1 is 1.08 bits per heavy atom. The lowest BCUT2D eigenvalue weighted by molar-refractivity contribution is -0.139. The van der Waals surface area contributed by atoms with Crippen LogP contribution in [0.3, 0.4) is 0 Å². The molecule has 1 atom stereocenters. The Morgan fingerprint density at radius 2 is 1.76 bits per heavy atom. The number of nitrogens with one attached hydrogen (secondary N) is 1. The van der Waals surface area contributed by atoms with Crippen LogP contribution in [0.5, 0.6) is 0 Å². The van der Waals surface area contributed by atoms with Crippen molar-refractivity contribution >= 4 is 17.8 Å². The zero-order valence-corrected chi connectivity index (χ0v) is 14.0. The molecule has 6 heteroatoms. The first kappa shape index (κ1) is 18.2. The van der Waals surface area contributed by atoms with E-state index in [1.54, 1.807) is 0 Å². The number of methoxy groups -OCH3 is 1. The Bertz CT molecular complexity index is 800. The zero-order chi connectivity index (χ0) is 18.4. The summed E-state index contributed by atoms with van der Waals surface area (Å²) in [5.74, 6) is -2.25. The predicted molar refractivity (Wildman–Crippen MR) is 91.6 cm³/mol. The Labute approximate surface area is 145 Å². The fourth-order valence-corrected chi connectivity index (χ4v) is 2.41. The Balaban J connectivity index is 2.17. The molecular weight excluding hydrogens is 322 g/mol. The fourth-order valence-electron chi connectivity index (χ4n) is 2.41. The zero-order valence-electron chi connectivity index (χ0n) is 14.0. The molecular formula is C19H19NO5. The minimum absolute atomic E-state index is 0.171. The van der Waals surface area contributed by atoms with E-state index in [4.69, 9.17) is 0 Å². The summed E-state index contributed by atoms with van der Waals surface area (Å²) in [5.41, 5.74) is 2.22. The number of aryl methyl sites for hydroxylation is 1. The molecule has 2 rings (SSSR count). The number of carboxylic acids is 1. The summed E-state index contributed by atoms with van der Waals surface area (Å²) in [7, 11) is 1.25. The van der Waals surface area contributed by atoms with Gasteiger partial charge in [-0.25, -0.2) is 9.59 Å². The van der Waals surface area contributed by atoms with Gasteiger partial charge in [-0.2, -0.15) is 0 Å². The molecule has 0 radical (unpaired) electrons. The van der Waals surface area contributed by atoms with E-state index in [1.807, 2.05) is 31.2 Å². The minimum atomic E-state index is -1.12. The molecule has 0 heterocycles. The monoisotopic (exact) mass is 341 g/mol. The number of ether oxygens (including phenoxy) is 1. The second kappa shape index (κ2) is 8.10. The van der Waals surface area contributed by atoms with Gasteiger partial charge in [0, 0.05) is 12.0 Å². The van der Waals surface area contributed by atoms with Crippen molar-refractivity contribution in [2.75, 3.05) is 7.11 Å². The molecule has 25 heavy (non-hydrogen) atoms. The largest absolute Gasteiger partial charge is 0.480 e. The molecule has 1 amide bonds. The summed E-state index contributed by atoms with van der Waals surface area (Å²) in [6, 6.07) is 12.3. The summed E-state index contributed by atoms with van der Waals surface area (Å²) < 4.78 is 4.62. The maximum atomic E-state index is 12.4. The van der Waals surface area contributed by atoms with Crippen LogP contribution in [0.2, 0.25) is 0 Å². The lowest BCUT2D eigenvalue weighted by Gasteiger charge is -2.16. The highest BCUT2D eigenvalue weighted by molar-refractivity contribution is 5.99. The van der Waals surface area contributed by atoms with E-state index in [-0.39, 0.29) is 17.5 Å². The van der Waals surface area contributed by atoms with Crippen LogP contribution in [0, 0.1) is 6.92 Å². The van der Waals surface area contributed by atoms with Crippen LogP contribution < -0.4 is 5.32 Å². The van der Waals surface area contributed by atoms with Gasteiger partial charge in [-0.3, -0.25) is 4.79 Å². The van der Waals surface area contributed by atoms with Crippen LogP contribution in [0.1, 0.15) is 31.8 Å². The van der Waals surface area contributed by atoms with Crippen molar-refractivity contribution in [1.82, 2.24) is 5.32 Å². The van der Waals surface area contributed by atoms with Crippen molar-refractivity contribution in [2.45, 2.75) is 19.4 Å². The van der Waals surface area contributed by atoms with Gasteiger partial charge >= 0.3 is 11.9 Å². The van der Waals surface area contributed by atoms with Crippen molar-refractivity contribution in [2.24, 2.45) is 0 Å². The number of rotatable bonds is 6. The quantitative estimate of drug-likeness (QED) is 0.786. The van der Waals surface area contributed by atoms with E-state index in [1.165, 1.54) is 31.4 Å². The second-order valence-corrected chi connectivity index (χ2v) is 5.57. The highest BCUT2D eigenvalue weighted by Gasteiger charge is 2.22. The molecule has 0 saturated carbocycles. The van der Waals surface area contributed by atoms with Gasteiger partial charge in [-0.15, -0.1) is 0 Å². The maximum absolute atomic E-state index is 12.4. The third-order valence-electron chi connectivity index (χ3n) is 3.83. The normalized spacial score (nSPS) is 11.4. The average molecular weight is 341 g/mol. The number of aliphatic carboxylic acids is 1. The molecule has 6 nitrogen and oxygen atoms in total. The van der Waals surface area contributed by atoms with Crippen molar-refractivity contribution in [1.29, 1.82) is 0 Å². The molecule has 0 aliphatic rings. The van der Waals surface area contributed by atoms with Crippen molar-refractivity contribution < 1.29 is 24.2 Å². The van der Waals surface area contributed by atoms with E-state index in [0.29, 0.717) is 0 Å².